The van der Waals surface area contributed by atoms with Crippen molar-refractivity contribution in [1.29, 1.82) is 0 Å². The minimum atomic E-state index is 0.0949. The van der Waals surface area contributed by atoms with Gasteiger partial charge in [-0.15, -0.1) is 0 Å². The largest absolute Gasteiger partial charge is 0.308 e. The van der Waals surface area contributed by atoms with Crippen LogP contribution in [0.1, 0.15) is 31.4 Å². The highest BCUT2D eigenvalue weighted by atomic mass is 15.2. The Balaban J connectivity index is 1.90. The minimum absolute atomic E-state index is 0.0949. The maximum atomic E-state index is 8.54. The lowest BCUT2D eigenvalue weighted by Gasteiger charge is -2.28. The van der Waals surface area contributed by atoms with Crippen LogP contribution in [0, 0.1) is 0 Å². The third-order valence-electron chi connectivity index (χ3n) is 3.20. The molecule has 1 fully saturated rings. The lowest BCUT2D eigenvalue weighted by Crippen LogP contribution is -2.40. The van der Waals surface area contributed by atoms with Crippen LogP contribution >= 0.6 is 0 Å². The highest BCUT2D eigenvalue weighted by molar-refractivity contribution is 5.03. The fourth-order valence-corrected chi connectivity index (χ4v) is 2.29. The summed E-state index contributed by atoms with van der Waals surface area (Å²) in [6.45, 7) is 0.739. The summed E-state index contributed by atoms with van der Waals surface area (Å²) in [6, 6.07) is 6.28. The van der Waals surface area contributed by atoms with E-state index in [1.807, 2.05) is 18.2 Å². The molecule has 5 heteroatoms. The number of pyridine rings is 1. The van der Waals surface area contributed by atoms with Crippen molar-refractivity contribution >= 4 is 0 Å². The van der Waals surface area contributed by atoms with Crippen LogP contribution in [0.2, 0.25) is 0 Å². The fourth-order valence-electron chi connectivity index (χ4n) is 2.29. The molecule has 0 radical (unpaired) electrons. The molecule has 90 valence electrons. The predicted octanol–water partition coefficient (Wildman–Crippen LogP) is 2.79. The van der Waals surface area contributed by atoms with Gasteiger partial charge in [0, 0.05) is 23.7 Å². The molecule has 0 unspecified atom stereocenters. The minimum Gasteiger partial charge on any atom is -0.308 e. The van der Waals surface area contributed by atoms with Gasteiger partial charge < -0.3 is 5.32 Å². The van der Waals surface area contributed by atoms with Gasteiger partial charge in [0.15, 0.2) is 0 Å². The Morgan fingerprint density at radius 1 is 1.41 bits per heavy atom. The first-order chi connectivity index (χ1) is 8.40. The van der Waals surface area contributed by atoms with Gasteiger partial charge in [0.1, 0.15) is 0 Å². The van der Waals surface area contributed by atoms with Crippen molar-refractivity contribution in [2.75, 3.05) is 0 Å². The van der Waals surface area contributed by atoms with Gasteiger partial charge >= 0.3 is 0 Å². The summed E-state index contributed by atoms with van der Waals surface area (Å²) >= 11 is 0. The van der Waals surface area contributed by atoms with Crippen LogP contribution < -0.4 is 5.32 Å². The summed E-state index contributed by atoms with van der Waals surface area (Å²) in [7, 11) is 0. The second kappa shape index (κ2) is 6.23. The van der Waals surface area contributed by atoms with Crippen LogP contribution in [-0.4, -0.2) is 17.1 Å². The van der Waals surface area contributed by atoms with Crippen molar-refractivity contribution in [3.05, 3.63) is 40.5 Å². The Morgan fingerprint density at radius 2 is 2.29 bits per heavy atom. The van der Waals surface area contributed by atoms with E-state index in [4.69, 9.17) is 5.53 Å². The van der Waals surface area contributed by atoms with Gasteiger partial charge in [-0.05, 0) is 30.5 Å². The first kappa shape index (κ1) is 11.9. The van der Waals surface area contributed by atoms with Gasteiger partial charge in [-0.1, -0.05) is 24.0 Å². The van der Waals surface area contributed by atoms with Crippen LogP contribution in [0.25, 0.3) is 10.4 Å². The molecule has 0 saturated heterocycles. The number of nitrogens with zero attached hydrogens (tertiary/aromatic N) is 4. The average molecular weight is 231 g/mol. The molecule has 0 aromatic carbocycles. The normalized spacial score (nSPS) is 24.0. The molecule has 1 N–H and O–H groups in total. The van der Waals surface area contributed by atoms with E-state index in [-0.39, 0.29) is 6.04 Å². The molecule has 2 atom stereocenters. The number of hydrogen-bond donors (Lipinski definition) is 1. The van der Waals surface area contributed by atoms with Gasteiger partial charge in [0.25, 0.3) is 0 Å². The predicted molar refractivity (Wildman–Crippen MR) is 66.3 cm³/mol. The van der Waals surface area contributed by atoms with Crippen LogP contribution in [0.5, 0.6) is 0 Å². The third-order valence-corrected chi connectivity index (χ3v) is 3.20. The van der Waals surface area contributed by atoms with Crippen LogP contribution in [0.15, 0.2) is 29.5 Å². The van der Waals surface area contributed by atoms with Crippen molar-refractivity contribution in [3.63, 3.8) is 0 Å². The van der Waals surface area contributed by atoms with Crippen LogP contribution in [-0.2, 0) is 6.54 Å². The van der Waals surface area contributed by atoms with Gasteiger partial charge in [0.2, 0.25) is 0 Å². The van der Waals surface area contributed by atoms with Gasteiger partial charge in [-0.2, -0.15) is 0 Å². The molecular weight excluding hydrogens is 214 g/mol. The van der Waals surface area contributed by atoms with Crippen molar-refractivity contribution in [1.82, 2.24) is 10.3 Å². The Hall–Kier alpha value is -1.58. The summed E-state index contributed by atoms with van der Waals surface area (Å²) < 4.78 is 0. The molecule has 1 heterocycles. The smallest absolute Gasteiger partial charge is 0.0541 e. The lowest BCUT2D eigenvalue weighted by molar-refractivity contribution is 0.325. The molecule has 1 saturated carbocycles. The molecule has 17 heavy (non-hydrogen) atoms. The second-order valence-electron chi connectivity index (χ2n) is 4.37. The van der Waals surface area contributed by atoms with Gasteiger partial charge in [-0.3, -0.25) is 4.98 Å². The van der Waals surface area contributed by atoms with Gasteiger partial charge in [-0.25, -0.2) is 0 Å². The fraction of sp³-hybridized carbons (Fsp3) is 0.583. The Kier molecular flexibility index (Phi) is 4.36. The summed E-state index contributed by atoms with van der Waals surface area (Å²) in [6.07, 6.45) is 6.23. The molecule has 0 amide bonds. The van der Waals surface area contributed by atoms with E-state index >= 15 is 0 Å². The highest BCUT2D eigenvalue weighted by Gasteiger charge is 2.23. The van der Waals surface area contributed by atoms with Crippen molar-refractivity contribution in [2.24, 2.45) is 5.11 Å². The van der Waals surface area contributed by atoms with Crippen molar-refractivity contribution in [3.8, 4) is 0 Å². The first-order valence-electron chi connectivity index (χ1n) is 6.07. The monoisotopic (exact) mass is 231 g/mol. The van der Waals surface area contributed by atoms with Crippen LogP contribution in [0.4, 0.5) is 0 Å². The Morgan fingerprint density at radius 3 is 3.06 bits per heavy atom. The summed E-state index contributed by atoms with van der Waals surface area (Å²) in [5.41, 5.74) is 9.57. The second-order valence-corrected chi connectivity index (χ2v) is 4.37. The maximum absolute atomic E-state index is 8.54. The average Bonchev–Trinajstić information content (AvgIpc) is 2.39. The Bertz CT molecular complexity index is 385. The highest BCUT2D eigenvalue weighted by Crippen LogP contribution is 2.21. The molecule has 1 aliphatic carbocycles. The molecular formula is C12H17N5. The molecule has 0 bridgehead atoms. The van der Waals surface area contributed by atoms with E-state index in [9.17, 15) is 0 Å². The van der Waals surface area contributed by atoms with Crippen LogP contribution in [0.3, 0.4) is 0 Å². The van der Waals surface area contributed by atoms with E-state index in [1.165, 1.54) is 6.42 Å². The summed E-state index contributed by atoms with van der Waals surface area (Å²) in [4.78, 5) is 7.20. The zero-order chi connectivity index (χ0) is 11.9. The standard InChI is InChI=1S/C12H17N5/c13-17-16-12-7-2-1-6-11(12)15-9-10-5-3-4-8-14-10/h3-5,8,11-12,15H,1-2,6-7,9H2/t11-,12-/m0/s1. The van der Waals surface area contributed by atoms with Crippen molar-refractivity contribution in [2.45, 2.75) is 44.3 Å². The maximum Gasteiger partial charge on any atom is 0.0541 e. The molecule has 5 nitrogen and oxygen atoms in total. The molecule has 1 aliphatic rings. The summed E-state index contributed by atoms with van der Waals surface area (Å²) in [5.74, 6) is 0. The van der Waals surface area contributed by atoms with Gasteiger partial charge in [0.05, 0.1) is 11.7 Å². The van der Waals surface area contributed by atoms with E-state index in [2.05, 4.69) is 20.3 Å². The molecule has 1 aromatic heterocycles. The molecule has 2 rings (SSSR count). The number of azide groups is 1. The number of hydrogen-bond acceptors (Lipinski definition) is 3. The Labute approximate surface area is 101 Å². The van der Waals surface area contributed by atoms with E-state index in [1.54, 1.807) is 6.20 Å². The topological polar surface area (TPSA) is 73.7 Å². The third kappa shape index (κ3) is 3.44. The number of rotatable bonds is 4. The zero-order valence-corrected chi connectivity index (χ0v) is 9.79. The number of aromatic nitrogens is 1. The quantitative estimate of drug-likeness (QED) is 0.491. The number of nitrogens with one attached hydrogen (secondary N) is 1. The molecule has 0 aliphatic heterocycles. The molecule has 1 aromatic rings. The van der Waals surface area contributed by atoms with Crippen molar-refractivity contribution < 1.29 is 0 Å². The SMILES string of the molecule is [N-]=[N+]=N[C@H]1CCCC[C@@H]1NCc1ccccn1. The van der Waals surface area contributed by atoms with E-state index < -0.39 is 0 Å². The molecule has 0 spiro atoms. The van der Waals surface area contributed by atoms with E-state index in [0.717, 1.165) is 31.5 Å². The zero-order valence-electron chi connectivity index (χ0n) is 9.79. The summed E-state index contributed by atoms with van der Waals surface area (Å²) in [5, 5.41) is 7.32. The van der Waals surface area contributed by atoms with E-state index in [0.29, 0.717) is 6.04 Å². The lowest BCUT2D eigenvalue weighted by atomic mass is 9.91. The first-order valence-corrected chi connectivity index (χ1v) is 6.07.